The minimum atomic E-state index is -0.0346. The van der Waals surface area contributed by atoms with Crippen LogP contribution in [0.1, 0.15) is 27.0 Å². The Morgan fingerprint density at radius 1 is 0.442 bits per heavy atom. The fraction of sp³-hybridized carbons (Fsp3) is 0.0513. The highest BCUT2D eigenvalue weighted by molar-refractivity contribution is 6.10. The zero-order valence-corrected chi connectivity index (χ0v) is 24.0. The zero-order chi connectivity index (χ0) is 29.6. The number of carbonyl (C=O) groups excluding carboxylic acids is 1. The summed E-state index contributed by atoms with van der Waals surface area (Å²) in [6.45, 7) is 4.01. The standard InChI is InChI=1S/C39H30O4/c1-27-8-16-33(17-9-27)42-34-18-12-29(13-19-34)31-11-10-28(2)38(26-31)39(40)30-14-20-35(21-15-30)43-37-24-22-36(23-25-37)41-32-6-4-3-5-7-32/h3-26H,1-2H3. The van der Waals surface area contributed by atoms with E-state index in [1.807, 2.05) is 147 Å². The van der Waals surface area contributed by atoms with Crippen molar-refractivity contribution in [2.24, 2.45) is 0 Å². The second-order valence-corrected chi connectivity index (χ2v) is 10.3. The van der Waals surface area contributed by atoms with Crippen LogP contribution in [0.3, 0.4) is 0 Å². The van der Waals surface area contributed by atoms with E-state index >= 15 is 0 Å². The Morgan fingerprint density at radius 3 is 1.40 bits per heavy atom. The Balaban J connectivity index is 1.12. The van der Waals surface area contributed by atoms with Crippen molar-refractivity contribution < 1.29 is 19.0 Å². The van der Waals surface area contributed by atoms with Crippen LogP contribution in [-0.4, -0.2) is 5.78 Å². The highest BCUT2D eigenvalue weighted by atomic mass is 16.5. The second-order valence-electron chi connectivity index (χ2n) is 10.3. The van der Waals surface area contributed by atoms with Gasteiger partial charge in [-0.3, -0.25) is 4.79 Å². The van der Waals surface area contributed by atoms with Gasteiger partial charge in [0.1, 0.15) is 34.5 Å². The van der Waals surface area contributed by atoms with Crippen molar-refractivity contribution in [2.75, 3.05) is 0 Å². The number of carbonyl (C=O) groups is 1. The van der Waals surface area contributed by atoms with E-state index in [1.54, 1.807) is 12.1 Å². The zero-order valence-electron chi connectivity index (χ0n) is 24.0. The molecule has 0 amide bonds. The van der Waals surface area contributed by atoms with Crippen molar-refractivity contribution in [3.63, 3.8) is 0 Å². The molecule has 0 aromatic heterocycles. The van der Waals surface area contributed by atoms with Gasteiger partial charge < -0.3 is 14.2 Å². The van der Waals surface area contributed by atoms with E-state index < -0.39 is 0 Å². The summed E-state index contributed by atoms with van der Waals surface area (Å²) in [4.78, 5) is 13.5. The Labute approximate surface area is 251 Å². The van der Waals surface area contributed by atoms with Gasteiger partial charge in [0.15, 0.2) is 5.78 Å². The number of para-hydroxylation sites is 1. The molecule has 0 aliphatic rings. The van der Waals surface area contributed by atoms with Crippen LogP contribution < -0.4 is 14.2 Å². The molecular formula is C39H30O4. The summed E-state index contributed by atoms with van der Waals surface area (Å²) < 4.78 is 17.8. The molecule has 4 nitrogen and oxygen atoms in total. The minimum absolute atomic E-state index is 0.0346. The summed E-state index contributed by atoms with van der Waals surface area (Å²) in [6.07, 6.45) is 0. The lowest BCUT2D eigenvalue weighted by Gasteiger charge is -2.11. The molecule has 0 spiro atoms. The number of rotatable bonds is 9. The van der Waals surface area contributed by atoms with Crippen molar-refractivity contribution in [1.29, 1.82) is 0 Å². The van der Waals surface area contributed by atoms with E-state index in [2.05, 4.69) is 0 Å². The molecule has 4 heteroatoms. The Bertz CT molecular complexity index is 1820. The van der Waals surface area contributed by atoms with Crippen LogP contribution >= 0.6 is 0 Å². The van der Waals surface area contributed by atoms with Crippen LogP contribution in [0.25, 0.3) is 11.1 Å². The van der Waals surface area contributed by atoms with Gasteiger partial charge in [-0.2, -0.15) is 0 Å². The molecule has 210 valence electrons. The number of hydrogen-bond donors (Lipinski definition) is 0. The summed E-state index contributed by atoms with van der Waals surface area (Å²) in [6, 6.07) is 46.1. The molecule has 0 N–H and O–H groups in total. The quantitative estimate of drug-likeness (QED) is 0.164. The SMILES string of the molecule is Cc1ccc(Oc2ccc(-c3ccc(C)c(C(=O)c4ccc(Oc5ccc(Oc6ccccc6)cc5)cc4)c3)cc2)cc1. The topological polar surface area (TPSA) is 44.8 Å². The highest BCUT2D eigenvalue weighted by Gasteiger charge is 2.14. The molecule has 0 fully saturated rings. The van der Waals surface area contributed by atoms with Gasteiger partial charge in [0.2, 0.25) is 0 Å². The Morgan fingerprint density at radius 2 is 0.860 bits per heavy atom. The molecule has 6 rings (SSSR count). The molecule has 6 aromatic rings. The van der Waals surface area contributed by atoms with E-state index in [0.717, 1.165) is 39.7 Å². The fourth-order valence-corrected chi connectivity index (χ4v) is 4.67. The molecule has 0 saturated heterocycles. The predicted molar refractivity (Wildman–Crippen MR) is 171 cm³/mol. The lowest BCUT2D eigenvalue weighted by atomic mass is 9.94. The predicted octanol–water partition coefficient (Wildman–Crippen LogP) is 10.6. The van der Waals surface area contributed by atoms with Gasteiger partial charge >= 0.3 is 0 Å². The first-order valence-electron chi connectivity index (χ1n) is 14.1. The van der Waals surface area contributed by atoms with Crippen LogP contribution in [0, 0.1) is 13.8 Å². The third kappa shape index (κ3) is 6.83. The van der Waals surface area contributed by atoms with Crippen molar-refractivity contribution in [2.45, 2.75) is 13.8 Å². The number of ketones is 1. The van der Waals surface area contributed by atoms with E-state index in [9.17, 15) is 4.79 Å². The molecule has 0 heterocycles. The average molecular weight is 563 g/mol. The van der Waals surface area contributed by atoms with Crippen molar-refractivity contribution in [1.82, 2.24) is 0 Å². The number of aryl methyl sites for hydroxylation is 2. The van der Waals surface area contributed by atoms with Gasteiger partial charge in [-0.15, -0.1) is 0 Å². The number of hydrogen-bond acceptors (Lipinski definition) is 4. The Kier molecular flexibility index (Phi) is 8.01. The molecule has 0 saturated carbocycles. The van der Waals surface area contributed by atoms with Gasteiger partial charge in [0, 0.05) is 11.1 Å². The molecule has 6 aromatic carbocycles. The summed E-state index contributed by atoms with van der Waals surface area (Å²) in [7, 11) is 0. The van der Waals surface area contributed by atoms with Crippen LogP contribution in [0.5, 0.6) is 34.5 Å². The van der Waals surface area contributed by atoms with E-state index in [-0.39, 0.29) is 5.78 Å². The maximum atomic E-state index is 13.5. The first-order chi connectivity index (χ1) is 21.0. The Hall–Kier alpha value is -5.61. The lowest BCUT2D eigenvalue weighted by molar-refractivity contribution is 0.103. The van der Waals surface area contributed by atoms with Gasteiger partial charge in [-0.25, -0.2) is 0 Å². The first-order valence-corrected chi connectivity index (χ1v) is 14.1. The molecule has 0 bridgehead atoms. The molecule has 43 heavy (non-hydrogen) atoms. The molecule has 0 atom stereocenters. The minimum Gasteiger partial charge on any atom is -0.457 e. The van der Waals surface area contributed by atoms with E-state index in [4.69, 9.17) is 14.2 Å². The summed E-state index contributed by atoms with van der Waals surface area (Å²) in [5, 5.41) is 0. The number of ether oxygens (including phenoxy) is 3. The lowest BCUT2D eigenvalue weighted by Crippen LogP contribution is -2.04. The monoisotopic (exact) mass is 562 g/mol. The van der Waals surface area contributed by atoms with Crippen molar-refractivity contribution >= 4 is 5.78 Å². The maximum Gasteiger partial charge on any atom is 0.193 e. The summed E-state index contributed by atoms with van der Waals surface area (Å²) in [5.41, 5.74) is 5.35. The van der Waals surface area contributed by atoms with Gasteiger partial charge in [-0.05, 0) is 122 Å². The molecular weight excluding hydrogens is 532 g/mol. The van der Waals surface area contributed by atoms with Gasteiger partial charge in [-0.1, -0.05) is 60.2 Å². The van der Waals surface area contributed by atoms with Gasteiger partial charge in [0.25, 0.3) is 0 Å². The molecule has 0 aliphatic carbocycles. The van der Waals surface area contributed by atoms with E-state index in [0.29, 0.717) is 22.6 Å². The first kappa shape index (κ1) is 27.6. The van der Waals surface area contributed by atoms with Crippen LogP contribution in [0.4, 0.5) is 0 Å². The van der Waals surface area contributed by atoms with Crippen LogP contribution in [0.2, 0.25) is 0 Å². The summed E-state index contributed by atoms with van der Waals surface area (Å²) >= 11 is 0. The van der Waals surface area contributed by atoms with Crippen molar-refractivity contribution in [3.05, 3.63) is 168 Å². The second kappa shape index (κ2) is 12.5. The molecule has 0 aliphatic heterocycles. The average Bonchev–Trinajstić information content (AvgIpc) is 3.04. The third-order valence-electron chi connectivity index (χ3n) is 7.08. The number of benzene rings is 6. The smallest absolute Gasteiger partial charge is 0.193 e. The van der Waals surface area contributed by atoms with E-state index in [1.165, 1.54) is 5.56 Å². The normalized spacial score (nSPS) is 10.7. The van der Waals surface area contributed by atoms with Crippen molar-refractivity contribution in [3.8, 4) is 45.6 Å². The van der Waals surface area contributed by atoms with Gasteiger partial charge in [0.05, 0.1) is 0 Å². The molecule has 0 unspecified atom stereocenters. The fourth-order valence-electron chi connectivity index (χ4n) is 4.67. The van der Waals surface area contributed by atoms with Crippen LogP contribution in [0.15, 0.2) is 146 Å². The summed E-state index contributed by atoms with van der Waals surface area (Å²) in [5.74, 6) is 4.35. The third-order valence-corrected chi connectivity index (χ3v) is 7.08. The maximum absolute atomic E-state index is 13.5. The van der Waals surface area contributed by atoms with Crippen LogP contribution in [-0.2, 0) is 0 Å². The molecule has 0 radical (unpaired) electrons. The largest absolute Gasteiger partial charge is 0.457 e. The highest BCUT2D eigenvalue weighted by Crippen LogP contribution is 2.30.